The highest BCUT2D eigenvalue weighted by atomic mass is 127. The molecule has 0 aliphatic carbocycles. The van der Waals surface area contributed by atoms with Crippen molar-refractivity contribution in [3.05, 3.63) is 33.4 Å². The first-order chi connectivity index (χ1) is 8.09. The molecule has 0 aromatic heterocycles. The number of rotatable bonds is 7. The SMILES string of the molecule is CCCNCC(C)(CC)Cc1ccc(I)cc1. The monoisotopic (exact) mass is 345 g/mol. The Morgan fingerprint density at radius 3 is 2.35 bits per heavy atom. The van der Waals surface area contributed by atoms with Crippen molar-refractivity contribution < 1.29 is 0 Å². The van der Waals surface area contributed by atoms with Crippen LogP contribution < -0.4 is 5.32 Å². The van der Waals surface area contributed by atoms with Crippen molar-refractivity contribution >= 4 is 22.6 Å². The minimum atomic E-state index is 0.377. The van der Waals surface area contributed by atoms with E-state index in [1.165, 1.54) is 22.0 Å². The van der Waals surface area contributed by atoms with Crippen molar-refractivity contribution in [1.29, 1.82) is 0 Å². The Morgan fingerprint density at radius 2 is 1.82 bits per heavy atom. The van der Waals surface area contributed by atoms with Gasteiger partial charge in [-0.05, 0) is 71.5 Å². The van der Waals surface area contributed by atoms with Crippen LogP contribution in [0.1, 0.15) is 39.2 Å². The fourth-order valence-electron chi connectivity index (χ4n) is 1.97. The fourth-order valence-corrected chi connectivity index (χ4v) is 2.33. The standard InChI is InChI=1S/C15H24IN/c1-4-10-17-12-15(3,5-2)11-13-6-8-14(16)9-7-13/h6-9,17H,4-5,10-12H2,1-3H3. The van der Waals surface area contributed by atoms with Crippen molar-refractivity contribution in [2.45, 2.75) is 40.0 Å². The summed E-state index contributed by atoms with van der Waals surface area (Å²) in [6.07, 6.45) is 3.59. The van der Waals surface area contributed by atoms with Crippen LogP contribution in [-0.2, 0) is 6.42 Å². The first-order valence-corrected chi connectivity index (χ1v) is 7.62. The quantitative estimate of drug-likeness (QED) is 0.575. The van der Waals surface area contributed by atoms with Crippen LogP contribution in [0.5, 0.6) is 0 Å². The zero-order valence-corrected chi connectivity index (χ0v) is 13.4. The third kappa shape index (κ3) is 5.38. The molecule has 2 heteroatoms. The molecule has 1 rings (SSSR count). The molecule has 0 heterocycles. The van der Waals surface area contributed by atoms with Crippen molar-refractivity contribution in [2.75, 3.05) is 13.1 Å². The lowest BCUT2D eigenvalue weighted by molar-refractivity contribution is 0.291. The smallest absolute Gasteiger partial charge is 0.0130 e. The van der Waals surface area contributed by atoms with E-state index in [4.69, 9.17) is 0 Å². The molecule has 0 fully saturated rings. The third-order valence-corrected chi connectivity index (χ3v) is 4.10. The lowest BCUT2D eigenvalue weighted by atomic mass is 9.81. The molecule has 1 aromatic rings. The lowest BCUT2D eigenvalue weighted by Gasteiger charge is -2.29. The normalized spacial score (nSPS) is 14.6. The second-order valence-electron chi connectivity index (χ2n) is 5.14. The van der Waals surface area contributed by atoms with E-state index in [1.807, 2.05) is 0 Å². The van der Waals surface area contributed by atoms with Gasteiger partial charge >= 0.3 is 0 Å². The first kappa shape index (κ1) is 15.0. The summed E-state index contributed by atoms with van der Waals surface area (Å²) in [5.74, 6) is 0. The van der Waals surface area contributed by atoms with Gasteiger partial charge in [-0.3, -0.25) is 0 Å². The van der Waals surface area contributed by atoms with E-state index in [2.05, 4.69) is 72.9 Å². The van der Waals surface area contributed by atoms with Crippen molar-refractivity contribution in [3.8, 4) is 0 Å². The van der Waals surface area contributed by atoms with Crippen LogP contribution in [0, 0.1) is 8.99 Å². The Kier molecular flexibility index (Phi) is 6.49. The number of halogens is 1. The van der Waals surface area contributed by atoms with E-state index in [0.717, 1.165) is 19.5 Å². The van der Waals surface area contributed by atoms with Gasteiger partial charge in [-0.2, -0.15) is 0 Å². The molecular weight excluding hydrogens is 321 g/mol. The molecule has 0 bridgehead atoms. The van der Waals surface area contributed by atoms with Gasteiger partial charge in [0, 0.05) is 10.1 Å². The Morgan fingerprint density at radius 1 is 1.18 bits per heavy atom. The minimum Gasteiger partial charge on any atom is -0.316 e. The number of hydrogen-bond donors (Lipinski definition) is 1. The Balaban J connectivity index is 2.58. The molecule has 0 aliphatic rings. The summed E-state index contributed by atoms with van der Waals surface area (Å²) in [5, 5.41) is 3.56. The van der Waals surface area contributed by atoms with Crippen molar-refractivity contribution in [1.82, 2.24) is 5.32 Å². The van der Waals surface area contributed by atoms with Gasteiger partial charge in [-0.15, -0.1) is 0 Å². The molecule has 17 heavy (non-hydrogen) atoms. The molecule has 0 spiro atoms. The maximum atomic E-state index is 3.56. The van der Waals surface area contributed by atoms with Gasteiger partial charge in [0.1, 0.15) is 0 Å². The van der Waals surface area contributed by atoms with Gasteiger partial charge in [-0.1, -0.05) is 32.9 Å². The summed E-state index contributed by atoms with van der Waals surface area (Å²) in [5.41, 5.74) is 1.83. The summed E-state index contributed by atoms with van der Waals surface area (Å²) in [4.78, 5) is 0. The maximum absolute atomic E-state index is 3.56. The van der Waals surface area contributed by atoms with Gasteiger partial charge in [0.05, 0.1) is 0 Å². The van der Waals surface area contributed by atoms with Crippen LogP contribution in [-0.4, -0.2) is 13.1 Å². The van der Waals surface area contributed by atoms with Crippen molar-refractivity contribution in [2.24, 2.45) is 5.41 Å². The van der Waals surface area contributed by atoms with Gasteiger partial charge in [0.15, 0.2) is 0 Å². The van der Waals surface area contributed by atoms with E-state index in [-0.39, 0.29) is 0 Å². The number of benzene rings is 1. The summed E-state index contributed by atoms with van der Waals surface area (Å²) in [6.45, 7) is 9.13. The summed E-state index contributed by atoms with van der Waals surface area (Å²) in [6, 6.07) is 8.92. The predicted octanol–water partition coefficient (Wildman–Crippen LogP) is 4.25. The Bertz CT molecular complexity index is 320. The second-order valence-corrected chi connectivity index (χ2v) is 6.39. The fraction of sp³-hybridized carbons (Fsp3) is 0.600. The number of hydrogen-bond acceptors (Lipinski definition) is 1. The summed E-state index contributed by atoms with van der Waals surface area (Å²) in [7, 11) is 0. The highest BCUT2D eigenvalue weighted by Gasteiger charge is 2.21. The third-order valence-electron chi connectivity index (χ3n) is 3.38. The van der Waals surface area contributed by atoms with Crippen LogP contribution in [0.25, 0.3) is 0 Å². The van der Waals surface area contributed by atoms with Crippen molar-refractivity contribution in [3.63, 3.8) is 0 Å². The molecule has 1 atom stereocenters. The highest BCUT2D eigenvalue weighted by Crippen LogP contribution is 2.26. The van der Waals surface area contributed by atoms with Gasteiger partial charge in [0.25, 0.3) is 0 Å². The molecular formula is C15H24IN. The van der Waals surface area contributed by atoms with E-state index in [0.29, 0.717) is 5.41 Å². The Labute approximate surface area is 120 Å². The van der Waals surface area contributed by atoms with Crippen LogP contribution in [0.4, 0.5) is 0 Å². The maximum Gasteiger partial charge on any atom is 0.0130 e. The van der Waals surface area contributed by atoms with Crippen LogP contribution >= 0.6 is 22.6 Å². The Hall–Kier alpha value is -0.0900. The predicted molar refractivity (Wildman–Crippen MR) is 84.4 cm³/mol. The molecule has 0 saturated heterocycles. The molecule has 0 radical (unpaired) electrons. The van der Waals surface area contributed by atoms with Gasteiger partial charge in [-0.25, -0.2) is 0 Å². The molecule has 0 saturated carbocycles. The number of nitrogens with one attached hydrogen (secondary N) is 1. The molecule has 1 N–H and O–H groups in total. The molecule has 0 amide bonds. The van der Waals surface area contributed by atoms with E-state index in [1.54, 1.807) is 0 Å². The average Bonchev–Trinajstić information content (AvgIpc) is 2.33. The molecule has 0 aliphatic heterocycles. The zero-order valence-electron chi connectivity index (χ0n) is 11.2. The van der Waals surface area contributed by atoms with E-state index < -0.39 is 0 Å². The van der Waals surface area contributed by atoms with E-state index in [9.17, 15) is 0 Å². The highest BCUT2D eigenvalue weighted by molar-refractivity contribution is 14.1. The molecule has 96 valence electrons. The van der Waals surface area contributed by atoms with Crippen LogP contribution in [0.3, 0.4) is 0 Å². The summed E-state index contributed by atoms with van der Waals surface area (Å²) >= 11 is 2.36. The minimum absolute atomic E-state index is 0.377. The summed E-state index contributed by atoms with van der Waals surface area (Å²) < 4.78 is 1.31. The molecule has 1 aromatic carbocycles. The molecule has 1 unspecified atom stereocenters. The first-order valence-electron chi connectivity index (χ1n) is 6.55. The lowest BCUT2D eigenvalue weighted by Crippen LogP contribution is -2.33. The zero-order chi connectivity index (χ0) is 12.7. The van der Waals surface area contributed by atoms with Crippen LogP contribution in [0.2, 0.25) is 0 Å². The average molecular weight is 345 g/mol. The van der Waals surface area contributed by atoms with Gasteiger partial charge in [0.2, 0.25) is 0 Å². The second kappa shape index (κ2) is 7.37. The largest absolute Gasteiger partial charge is 0.316 e. The van der Waals surface area contributed by atoms with E-state index >= 15 is 0 Å². The topological polar surface area (TPSA) is 12.0 Å². The van der Waals surface area contributed by atoms with Gasteiger partial charge < -0.3 is 5.32 Å². The van der Waals surface area contributed by atoms with Crippen LogP contribution in [0.15, 0.2) is 24.3 Å². The molecule has 1 nitrogen and oxygen atoms in total.